The van der Waals surface area contributed by atoms with Crippen LogP contribution in [0.2, 0.25) is 0 Å². The van der Waals surface area contributed by atoms with Crippen LogP contribution in [0.25, 0.3) is 11.1 Å². The van der Waals surface area contributed by atoms with E-state index in [1.54, 1.807) is 0 Å². The third-order valence-corrected chi connectivity index (χ3v) is 8.65. The molecule has 2 heterocycles. The van der Waals surface area contributed by atoms with Crippen molar-refractivity contribution in [1.29, 1.82) is 0 Å². The second-order valence-electron chi connectivity index (χ2n) is 11.5. The lowest BCUT2D eigenvalue weighted by atomic mass is 9.80. The lowest BCUT2D eigenvalue weighted by molar-refractivity contribution is -0.0469. The molecular formula is C40H38NO4. The first-order valence-corrected chi connectivity index (χ1v) is 15.9. The van der Waals surface area contributed by atoms with Crippen molar-refractivity contribution in [2.45, 2.75) is 24.7 Å². The van der Waals surface area contributed by atoms with Crippen molar-refractivity contribution in [3.63, 3.8) is 0 Å². The molecule has 7 rings (SSSR count). The molecule has 5 heteroatoms. The van der Waals surface area contributed by atoms with Gasteiger partial charge in [0.1, 0.15) is 18.1 Å². The van der Waals surface area contributed by atoms with E-state index in [0.29, 0.717) is 25.6 Å². The molecule has 2 aliphatic heterocycles. The number of benzene rings is 5. The minimum Gasteiger partial charge on any atom is -0.492 e. The smallest absolute Gasteiger partial charge is 0.187 e. The summed E-state index contributed by atoms with van der Waals surface area (Å²) in [5.74, 6) is 1.54. The van der Waals surface area contributed by atoms with E-state index in [-0.39, 0.29) is 0 Å². The summed E-state index contributed by atoms with van der Waals surface area (Å²) in [4.78, 5) is 2.46. The molecule has 5 aromatic carbocycles. The van der Waals surface area contributed by atoms with Crippen molar-refractivity contribution >= 4 is 0 Å². The van der Waals surface area contributed by atoms with Crippen LogP contribution in [-0.2, 0) is 15.1 Å². The molecule has 227 valence electrons. The lowest BCUT2D eigenvalue weighted by Crippen LogP contribution is -2.36. The van der Waals surface area contributed by atoms with E-state index in [0.717, 1.165) is 45.7 Å². The van der Waals surface area contributed by atoms with Gasteiger partial charge in [-0.25, -0.2) is 0 Å². The van der Waals surface area contributed by atoms with Gasteiger partial charge in [0.2, 0.25) is 0 Å². The average Bonchev–Trinajstić information content (AvgIpc) is 3.84. The summed E-state index contributed by atoms with van der Waals surface area (Å²) in [6.07, 6.45) is 2.02. The molecule has 0 spiro atoms. The largest absolute Gasteiger partial charge is 0.492 e. The van der Waals surface area contributed by atoms with Gasteiger partial charge in [0.25, 0.3) is 0 Å². The van der Waals surface area contributed by atoms with Crippen LogP contribution >= 0.6 is 0 Å². The maximum absolute atomic E-state index is 7.32. The summed E-state index contributed by atoms with van der Waals surface area (Å²) in [7, 11) is 0. The highest BCUT2D eigenvalue weighted by Crippen LogP contribution is 2.44. The Balaban J connectivity index is 1.28. The fraction of sp³-hybridized carbons (Fsp3) is 0.250. The van der Waals surface area contributed by atoms with E-state index in [4.69, 9.17) is 18.9 Å². The summed E-state index contributed by atoms with van der Waals surface area (Å²) >= 11 is 0. The van der Waals surface area contributed by atoms with Crippen molar-refractivity contribution in [3.05, 3.63) is 156 Å². The van der Waals surface area contributed by atoms with Gasteiger partial charge in [-0.3, -0.25) is 4.90 Å². The van der Waals surface area contributed by atoms with E-state index in [2.05, 4.69) is 102 Å². The van der Waals surface area contributed by atoms with Crippen molar-refractivity contribution in [3.8, 4) is 22.6 Å². The molecule has 0 unspecified atom stereocenters. The van der Waals surface area contributed by atoms with Gasteiger partial charge in [0.05, 0.1) is 18.8 Å². The number of rotatable bonds is 11. The average molecular weight is 597 g/mol. The summed E-state index contributed by atoms with van der Waals surface area (Å²) in [6.45, 7) is 5.02. The van der Waals surface area contributed by atoms with Crippen LogP contribution in [0.1, 0.15) is 41.4 Å². The van der Waals surface area contributed by atoms with E-state index in [9.17, 15) is 0 Å². The van der Waals surface area contributed by atoms with Crippen LogP contribution in [0.4, 0.5) is 0 Å². The third kappa shape index (κ3) is 6.38. The van der Waals surface area contributed by atoms with Gasteiger partial charge in [-0.15, -0.1) is 0 Å². The van der Waals surface area contributed by atoms with Gasteiger partial charge < -0.3 is 18.9 Å². The van der Waals surface area contributed by atoms with Crippen molar-refractivity contribution in [1.82, 2.24) is 4.90 Å². The lowest BCUT2D eigenvalue weighted by Gasteiger charge is -2.37. The van der Waals surface area contributed by atoms with Crippen molar-refractivity contribution in [2.75, 3.05) is 39.5 Å². The highest BCUT2D eigenvalue weighted by Gasteiger charge is 2.40. The number of ether oxygens (including phenoxy) is 4. The molecule has 0 aromatic heterocycles. The van der Waals surface area contributed by atoms with Crippen LogP contribution < -0.4 is 9.47 Å². The zero-order chi connectivity index (χ0) is 30.3. The molecule has 45 heavy (non-hydrogen) atoms. The maximum Gasteiger partial charge on any atom is 0.187 e. The highest BCUT2D eigenvalue weighted by atomic mass is 16.7. The molecule has 0 bridgehead atoms. The van der Waals surface area contributed by atoms with Crippen LogP contribution in [-0.4, -0.2) is 44.4 Å². The fourth-order valence-electron chi connectivity index (χ4n) is 6.39. The minimum atomic E-state index is -0.923. The first kappa shape index (κ1) is 29.3. The Labute approximate surface area is 266 Å². The van der Waals surface area contributed by atoms with Gasteiger partial charge >= 0.3 is 0 Å². The molecule has 5 nitrogen and oxygen atoms in total. The summed E-state index contributed by atoms with van der Waals surface area (Å²) in [5.41, 5.74) is 4.93. The zero-order valence-corrected chi connectivity index (χ0v) is 25.4. The number of hydrogen-bond donors (Lipinski definition) is 0. The number of likely N-dealkylation sites (tertiary alicyclic amines) is 1. The Bertz CT molecular complexity index is 1570. The Morgan fingerprint density at radius 2 is 1.31 bits per heavy atom. The molecule has 0 saturated carbocycles. The zero-order valence-electron chi connectivity index (χ0n) is 25.4. The van der Waals surface area contributed by atoms with Crippen molar-refractivity contribution in [2.24, 2.45) is 0 Å². The summed E-state index contributed by atoms with van der Waals surface area (Å²) in [5, 5.41) is 0. The van der Waals surface area contributed by atoms with Crippen molar-refractivity contribution < 1.29 is 18.9 Å². The van der Waals surface area contributed by atoms with E-state index in [1.807, 2.05) is 36.4 Å². The normalized spacial score (nSPS) is 15.7. The Kier molecular flexibility index (Phi) is 8.92. The summed E-state index contributed by atoms with van der Waals surface area (Å²) in [6, 6.07) is 46.8. The first-order valence-electron chi connectivity index (χ1n) is 15.9. The molecule has 1 radical (unpaired) electrons. The quantitative estimate of drug-likeness (QED) is 0.144. The summed E-state index contributed by atoms with van der Waals surface area (Å²) < 4.78 is 25.7. The van der Waals surface area contributed by atoms with Crippen LogP contribution in [0.15, 0.2) is 127 Å². The molecule has 0 aliphatic carbocycles. The van der Waals surface area contributed by atoms with Crippen LogP contribution in [0.3, 0.4) is 0 Å². The van der Waals surface area contributed by atoms with Gasteiger partial charge in [-0.1, -0.05) is 103 Å². The molecule has 2 fully saturated rings. The standard InChI is InChI=1S/C40H38NO4/c1-4-14-33(15-5-1)40(34-16-6-2-7-17-34,35-18-8-3-9-19-35)45-38-22-21-32(30-37(38)39-43-27-28-44-39)31-13-12-20-36(29-31)42-26-25-41-23-10-11-24-41/h1-9,12,14-22,29-30,39H,10-11,23-28H2. The number of hydrogen-bond acceptors (Lipinski definition) is 5. The molecule has 5 aromatic rings. The van der Waals surface area contributed by atoms with E-state index >= 15 is 0 Å². The van der Waals surface area contributed by atoms with E-state index in [1.165, 1.54) is 25.9 Å². The Morgan fingerprint density at radius 3 is 1.91 bits per heavy atom. The van der Waals surface area contributed by atoms with Gasteiger partial charge in [-0.2, -0.15) is 0 Å². The second-order valence-corrected chi connectivity index (χ2v) is 11.5. The first-order chi connectivity index (χ1) is 22.3. The third-order valence-electron chi connectivity index (χ3n) is 8.65. The van der Waals surface area contributed by atoms with Crippen LogP contribution in [0.5, 0.6) is 11.5 Å². The van der Waals surface area contributed by atoms with Gasteiger partial charge in [0, 0.05) is 23.2 Å². The molecule has 0 N–H and O–H groups in total. The minimum absolute atomic E-state index is 0.530. The molecule has 2 aliphatic rings. The topological polar surface area (TPSA) is 40.2 Å². The monoisotopic (exact) mass is 596 g/mol. The fourth-order valence-corrected chi connectivity index (χ4v) is 6.39. The van der Waals surface area contributed by atoms with Gasteiger partial charge in [-0.05, 0) is 67.4 Å². The molecular weight excluding hydrogens is 558 g/mol. The molecule has 0 atom stereocenters. The predicted molar refractivity (Wildman–Crippen MR) is 176 cm³/mol. The maximum atomic E-state index is 7.32. The Morgan fingerprint density at radius 1 is 0.711 bits per heavy atom. The number of nitrogens with zero attached hydrogens (tertiary/aromatic N) is 1. The SMILES string of the molecule is [c]1ccc(OCCN2CCCC2)cc1-c1ccc(OC(c2ccccc2)(c2ccccc2)c2ccccc2)c(C2OCCO2)c1. The highest BCUT2D eigenvalue weighted by molar-refractivity contribution is 5.67. The molecule has 2 saturated heterocycles. The van der Waals surface area contributed by atoms with Crippen LogP contribution in [0, 0.1) is 6.07 Å². The van der Waals surface area contributed by atoms with Gasteiger partial charge in [0.15, 0.2) is 11.9 Å². The van der Waals surface area contributed by atoms with E-state index < -0.39 is 11.9 Å². The second kappa shape index (κ2) is 13.7. The predicted octanol–water partition coefficient (Wildman–Crippen LogP) is 8.04. The Hall–Kier alpha value is -4.42. The molecule has 0 amide bonds.